The molecule has 0 fully saturated rings. The summed E-state index contributed by atoms with van der Waals surface area (Å²) in [5.41, 5.74) is 5.36. The van der Waals surface area contributed by atoms with Crippen molar-refractivity contribution in [2.45, 2.75) is 39.2 Å². The van der Waals surface area contributed by atoms with Crippen LogP contribution in [-0.4, -0.2) is 18.0 Å². The Balaban J connectivity index is 3.46. The zero-order chi connectivity index (χ0) is 8.91. The molecule has 0 aliphatic carbocycles. The fraction of sp³-hybridized carbons (Fsp3) is 0.875. The van der Waals surface area contributed by atoms with Gasteiger partial charge in [-0.25, -0.2) is 0 Å². The summed E-state index contributed by atoms with van der Waals surface area (Å²) in [5.74, 6) is 0.0889. The maximum absolute atomic E-state index is 10.9. The van der Waals surface area contributed by atoms with Crippen molar-refractivity contribution in [2.24, 2.45) is 5.73 Å². The Labute approximate surface area is 68.3 Å². The van der Waals surface area contributed by atoms with E-state index < -0.39 is 0 Å². The first-order valence-electron chi connectivity index (χ1n) is 4.01. The molecule has 3 heteroatoms. The van der Waals surface area contributed by atoms with Gasteiger partial charge in [0.2, 0.25) is 5.91 Å². The normalized spacial score (nSPS) is 11.3. The van der Waals surface area contributed by atoms with Crippen molar-refractivity contribution < 1.29 is 4.79 Å². The average Bonchev–Trinajstić information content (AvgIpc) is 1.83. The van der Waals surface area contributed by atoms with Crippen LogP contribution in [0.15, 0.2) is 0 Å². The fourth-order valence-electron chi connectivity index (χ4n) is 0.642. The van der Waals surface area contributed by atoms with E-state index in [1.54, 1.807) is 0 Å². The van der Waals surface area contributed by atoms with Gasteiger partial charge in [0.1, 0.15) is 0 Å². The molecule has 0 aromatic carbocycles. The zero-order valence-corrected chi connectivity index (χ0v) is 7.61. The molecule has 0 atom stereocenters. The standard InChI is InChI=1S/C8H18N2O/c1-4-5-7(11)10-6-8(2,3)9/h4-6,9H2,1-3H3,(H,10,11). The van der Waals surface area contributed by atoms with Crippen LogP contribution in [0.3, 0.4) is 0 Å². The number of amides is 1. The number of rotatable bonds is 4. The smallest absolute Gasteiger partial charge is 0.220 e. The first kappa shape index (κ1) is 10.4. The SMILES string of the molecule is CCCC(=O)NCC(C)(C)N. The number of nitrogens with two attached hydrogens (primary N) is 1. The van der Waals surface area contributed by atoms with E-state index in [0.717, 1.165) is 6.42 Å². The third-order valence-electron chi connectivity index (χ3n) is 1.22. The van der Waals surface area contributed by atoms with Gasteiger partial charge in [-0.1, -0.05) is 6.92 Å². The molecule has 3 N–H and O–H groups in total. The van der Waals surface area contributed by atoms with Crippen LogP contribution < -0.4 is 11.1 Å². The van der Waals surface area contributed by atoms with Crippen LogP contribution in [0.1, 0.15) is 33.6 Å². The van der Waals surface area contributed by atoms with Crippen LogP contribution in [0, 0.1) is 0 Å². The zero-order valence-electron chi connectivity index (χ0n) is 7.61. The van der Waals surface area contributed by atoms with E-state index in [1.165, 1.54) is 0 Å². The summed E-state index contributed by atoms with van der Waals surface area (Å²) in [4.78, 5) is 10.9. The van der Waals surface area contributed by atoms with Crippen LogP contribution in [0.2, 0.25) is 0 Å². The third kappa shape index (κ3) is 7.33. The minimum absolute atomic E-state index is 0.0889. The third-order valence-corrected chi connectivity index (χ3v) is 1.22. The molecule has 0 aliphatic heterocycles. The average molecular weight is 158 g/mol. The molecule has 0 aromatic heterocycles. The maximum Gasteiger partial charge on any atom is 0.220 e. The highest BCUT2D eigenvalue weighted by molar-refractivity contribution is 5.75. The Bertz CT molecular complexity index is 127. The second-order valence-electron chi connectivity index (χ2n) is 3.52. The molecule has 0 aliphatic rings. The van der Waals surface area contributed by atoms with Gasteiger partial charge in [-0.15, -0.1) is 0 Å². The van der Waals surface area contributed by atoms with Crippen LogP contribution >= 0.6 is 0 Å². The lowest BCUT2D eigenvalue weighted by atomic mass is 10.1. The second kappa shape index (κ2) is 4.34. The highest BCUT2D eigenvalue weighted by Gasteiger charge is 2.11. The summed E-state index contributed by atoms with van der Waals surface area (Å²) in [7, 11) is 0. The van der Waals surface area contributed by atoms with Crippen molar-refractivity contribution in [3.8, 4) is 0 Å². The van der Waals surface area contributed by atoms with Gasteiger partial charge in [-0.2, -0.15) is 0 Å². The van der Waals surface area contributed by atoms with Crippen molar-refractivity contribution in [1.82, 2.24) is 5.32 Å². The number of carbonyl (C=O) groups excluding carboxylic acids is 1. The first-order valence-corrected chi connectivity index (χ1v) is 4.01. The Morgan fingerprint density at radius 1 is 1.55 bits per heavy atom. The molecule has 1 amide bonds. The molecule has 0 unspecified atom stereocenters. The molecule has 66 valence electrons. The Hall–Kier alpha value is -0.570. The summed E-state index contributed by atoms with van der Waals surface area (Å²) in [5, 5.41) is 2.76. The first-order chi connectivity index (χ1) is 4.95. The quantitative estimate of drug-likeness (QED) is 0.631. The number of hydrogen-bond donors (Lipinski definition) is 2. The molecule has 0 saturated heterocycles. The van der Waals surface area contributed by atoms with Crippen molar-refractivity contribution in [2.75, 3.05) is 6.54 Å². The van der Waals surface area contributed by atoms with Crippen molar-refractivity contribution in [1.29, 1.82) is 0 Å². The van der Waals surface area contributed by atoms with E-state index >= 15 is 0 Å². The number of nitrogens with one attached hydrogen (secondary N) is 1. The van der Waals surface area contributed by atoms with Crippen LogP contribution in [0.5, 0.6) is 0 Å². The lowest BCUT2D eigenvalue weighted by molar-refractivity contribution is -0.121. The largest absolute Gasteiger partial charge is 0.354 e. The molecule has 0 saturated carbocycles. The number of hydrogen-bond acceptors (Lipinski definition) is 2. The summed E-state index contributed by atoms with van der Waals surface area (Å²) >= 11 is 0. The van der Waals surface area contributed by atoms with Gasteiger partial charge in [0.25, 0.3) is 0 Å². The molecule has 0 rings (SSSR count). The summed E-state index contributed by atoms with van der Waals surface area (Å²) in [6, 6.07) is 0. The van der Waals surface area contributed by atoms with E-state index in [1.807, 2.05) is 20.8 Å². The molecule has 0 spiro atoms. The molecule has 0 radical (unpaired) electrons. The highest BCUT2D eigenvalue weighted by atomic mass is 16.1. The molecule has 0 heterocycles. The van der Waals surface area contributed by atoms with Crippen LogP contribution in [0.25, 0.3) is 0 Å². The lowest BCUT2D eigenvalue weighted by Crippen LogP contribution is -2.45. The minimum atomic E-state index is -0.302. The van der Waals surface area contributed by atoms with Gasteiger partial charge < -0.3 is 11.1 Å². The highest BCUT2D eigenvalue weighted by Crippen LogP contribution is 1.93. The fourth-order valence-corrected chi connectivity index (χ4v) is 0.642. The van der Waals surface area contributed by atoms with Gasteiger partial charge in [0.15, 0.2) is 0 Å². The van der Waals surface area contributed by atoms with Gasteiger partial charge in [0, 0.05) is 18.5 Å². The summed E-state index contributed by atoms with van der Waals surface area (Å²) in [6.45, 7) is 6.30. The van der Waals surface area contributed by atoms with E-state index in [2.05, 4.69) is 5.32 Å². The maximum atomic E-state index is 10.9. The Morgan fingerprint density at radius 2 is 2.09 bits per heavy atom. The van der Waals surface area contributed by atoms with Gasteiger partial charge in [-0.05, 0) is 20.3 Å². The van der Waals surface area contributed by atoms with E-state index in [4.69, 9.17) is 5.73 Å². The summed E-state index contributed by atoms with van der Waals surface area (Å²) in [6.07, 6.45) is 1.48. The second-order valence-corrected chi connectivity index (χ2v) is 3.52. The van der Waals surface area contributed by atoms with E-state index in [9.17, 15) is 4.79 Å². The predicted octanol–water partition coefficient (Wildman–Crippen LogP) is 0.640. The molecular weight excluding hydrogens is 140 g/mol. The van der Waals surface area contributed by atoms with Gasteiger partial charge >= 0.3 is 0 Å². The summed E-state index contributed by atoms with van der Waals surface area (Å²) < 4.78 is 0. The van der Waals surface area contributed by atoms with Crippen LogP contribution in [-0.2, 0) is 4.79 Å². The van der Waals surface area contributed by atoms with Crippen molar-refractivity contribution in [3.63, 3.8) is 0 Å². The van der Waals surface area contributed by atoms with Crippen molar-refractivity contribution in [3.05, 3.63) is 0 Å². The van der Waals surface area contributed by atoms with Crippen molar-refractivity contribution >= 4 is 5.91 Å². The number of carbonyl (C=O) groups is 1. The predicted molar refractivity (Wildman–Crippen MR) is 46.2 cm³/mol. The minimum Gasteiger partial charge on any atom is -0.354 e. The van der Waals surface area contributed by atoms with E-state index in [-0.39, 0.29) is 11.4 Å². The molecule has 0 bridgehead atoms. The van der Waals surface area contributed by atoms with Gasteiger partial charge in [-0.3, -0.25) is 4.79 Å². The van der Waals surface area contributed by atoms with Gasteiger partial charge in [0.05, 0.1) is 0 Å². The molecule has 3 nitrogen and oxygen atoms in total. The Kier molecular flexibility index (Phi) is 4.11. The topological polar surface area (TPSA) is 55.1 Å². The monoisotopic (exact) mass is 158 g/mol. The lowest BCUT2D eigenvalue weighted by Gasteiger charge is -2.18. The molecule has 11 heavy (non-hydrogen) atoms. The molecular formula is C8H18N2O. The Morgan fingerprint density at radius 3 is 2.45 bits per heavy atom. The van der Waals surface area contributed by atoms with Crippen LogP contribution in [0.4, 0.5) is 0 Å². The van der Waals surface area contributed by atoms with E-state index in [0.29, 0.717) is 13.0 Å². The molecule has 0 aromatic rings.